The predicted molar refractivity (Wildman–Crippen MR) is 132 cm³/mol. The van der Waals surface area contributed by atoms with E-state index in [1.54, 1.807) is 18.7 Å². The van der Waals surface area contributed by atoms with Gasteiger partial charge in [-0.25, -0.2) is 4.79 Å². The molecule has 2 amide bonds. The molecule has 1 heterocycles. The summed E-state index contributed by atoms with van der Waals surface area (Å²) in [6, 6.07) is 15.9. The summed E-state index contributed by atoms with van der Waals surface area (Å²) in [5.41, 5.74) is 4.64. The molecule has 8 nitrogen and oxygen atoms in total. The van der Waals surface area contributed by atoms with E-state index in [1.165, 1.54) is 11.1 Å². The number of nitrogens with zero attached hydrogens (tertiary/aromatic N) is 2. The highest BCUT2D eigenvalue weighted by atomic mass is 16.5. The summed E-state index contributed by atoms with van der Waals surface area (Å²) in [5.74, 6) is -1.36. The van der Waals surface area contributed by atoms with Crippen molar-refractivity contribution in [2.45, 2.75) is 32.2 Å². The van der Waals surface area contributed by atoms with Crippen LogP contribution >= 0.6 is 0 Å². The number of aliphatic carboxylic acids is 1. The third kappa shape index (κ3) is 5.65. The second kappa shape index (κ2) is 10.9. The third-order valence-corrected chi connectivity index (χ3v) is 7.09. The summed E-state index contributed by atoms with van der Waals surface area (Å²) >= 11 is 0. The van der Waals surface area contributed by atoms with E-state index in [0.29, 0.717) is 26.2 Å². The number of carboxylic acids is 1. The Morgan fingerprint density at radius 2 is 1.60 bits per heavy atom. The molecule has 35 heavy (non-hydrogen) atoms. The normalized spacial score (nSPS) is 17.6. The number of carbonyl (C=O) groups excluding carboxylic acids is 2. The fourth-order valence-electron chi connectivity index (χ4n) is 4.99. The number of nitrogens with one attached hydrogen (secondary N) is 1. The molecule has 4 rings (SSSR count). The summed E-state index contributed by atoms with van der Waals surface area (Å²) in [6.07, 6.45) is 0.183. The van der Waals surface area contributed by atoms with Crippen LogP contribution < -0.4 is 5.32 Å². The molecular weight excluding hydrogens is 446 g/mol. The Labute approximate surface area is 205 Å². The molecule has 0 radical (unpaired) electrons. The summed E-state index contributed by atoms with van der Waals surface area (Å²) in [6.45, 7) is 6.05. The number of amides is 2. The molecule has 2 aromatic carbocycles. The second-order valence-corrected chi connectivity index (χ2v) is 9.40. The van der Waals surface area contributed by atoms with Crippen LogP contribution in [0.4, 0.5) is 4.79 Å². The Morgan fingerprint density at radius 3 is 2.23 bits per heavy atom. The zero-order chi connectivity index (χ0) is 24.9. The topological polar surface area (TPSA) is 99.2 Å². The van der Waals surface area contributed by atoms with Crippen LogP contribution in [-0.4, -0.2) is 78.2 Å². The van der Waals surface area contributed by atoms with Crippen molar-refractivity contribution in [2.24, 2.45) is 5.92 Å². The number of rotatable bonds is 7. The van der Waals surface area contributed by atoms with Crippen LogP contribution in [0, 0.1) is 5.92 Å². The van der Waals surface area contributed by atoms with Crippen molar-refractivity contribution >= 4 is 18.0 Å². The number of ether oxygens (including phenoxy) is 1. The van der Waals surface area contributed by atoms with Gasteiger partial charge in [0.2, 0.25) is 5.91 Å². The summed E-state index contributed by atoms with van der Waals surface area (Å²) < 4.78 is 5.62. The van der Waals surface area contributed by atoms with E-state index in [9.17, 15) is 14.4 Å². The lowest BCUT2D eigenvalue weighted by Crippen LogP contribution is -2.47. The summed E-state index contributed by atoms with van der Waals surface area (Å²) in [5, 5.41) is 11.8. The van der Waals surface area contributed by atoms with Gasteiger partial charge in [-0.05, 0) is 35.6 Å². The van der Waals surface area contributed by atoms with Crippen LogP contribution in [0.2, 0.25) is 0 Å². The quantitative estimate of drug-likeness (QED) is 0.633. The van der Waals surface area contributed by atoms with Gasteiger partial charge in [-0.15, -0.1) is 0 Å². The van der Waals surface area contributed by atoms with Crippen LogP contribution in [-0.2, 0) is 14.3 Å². The van der Waals surface area contributed by atoms with Crippen molar-refractivity contribution in [1.82, 2.24) is 15.1 Å². The van der Waals surface area contributed by atoms with Gasteiger partial charge in [0.1, 0.15) is 6.61 Å². The van der Waals surface area contributed by atoms with E-state index >= 15 is 0 Å². The molecule has 2 N–H and O–H groups in total. The zero-order valence-electron chi connectivity index (χ0n) is 20.3. The van der Waals surface area contributed by atoms with Crippen LogP contribution in [0.3, 0.4) is 0 Å². The van der Waals surface area contributed by atoms with Crippen LogP contribution in [0.25, 0.3) is 11.1 Å². The molecule has 1 saturated heterocycles. The predicted octanol–water partition coefficient (Wildman–Crippen LogP) is 3.17. The molecule has 186 valence electrons. The first kappa shape index (κ1) is 24.7. The highest BCUT2D eigenvalue weighted by Gasteiger charge is 2.31. The van der Waals surface area contributed by atoms with Crippen molar-refractivity contribution < 1.29 is 24.2 Å². The molecule has 8 heteroatoms. The molecule has 0 aromatic heterocycles. The van der Waals surface area contributed by atoms with Gasteiger partial charge in [-0.1, -0.05) is 55.5 Å². The smallest absolute Gasteiger partial charge is 0.407 e. The van der Waals surface area contributed by atoms with Gasteiger partial charge in [0.25, 0.3) is 0 Å². The van der Waals surface area contributed by atoms with E-state index < -0.39 is 24.0 Å². The molecule has 1 aliphatic carbocycles. The van der Waals surface area contributed by atoms with Crippen molar-refractivity contribution in [3.63, 3.8) is 0 Å². The highest BCUT2D eigenvalue weighted by molar-refractivity contribution is 5.81. The van der Waals surface area contributed by atoms with Crippen molar-refractivity contribution in [2.75, 3.05) is 39.3 Å². The Morgan fingerprint density at radius 1 is 0.971 bits per heavy atom. The van der Waals surface area contributed by atoms with Gasteiger partial charge in [0, 0.05) is 38.1 Å². The lowest BCUT2D eigenvalue weighted by Gasteiger charge is -2.28. The standard InChI is InChI=1S/C27H33N3O5/c1-18(26(33)30-13-7-12-29(14-15-30)16-25(31)32)19(2)28-27(34)35-17-24-22-10-5-3-8-20(22)21-9-4-6-11-23(21)24/h3-6,8-11,18-19,24H,7,12-17H2,1-2H3,(H,28,34)(H,31,32). The Balaban J connectivity index is 1.30. The van der Waals surface area contributed by atoms with E-state index in [2.05, 4.69) is 29.6 Å². The van der Waals surface area contributed by atoms with Crippen molar-refractivity contribution in [3.8, 4) is 11.1 Å². The zero-order valence-corrected chi connectivity index (χ0v) is 20.3. The number of fused-ring (bicyclic) bond motifs is 3. The maximum atomic E-state index is 13.0. The largest absolute Gasteiger partial charge is 0.480 e. The third-order valence-electron chi connectivity index (χ3n) is 7.09. The Hall–Kier alpha value is -3.39. The first-order chi connectivity index (χ1) is 16.8. The monoisotopic (exact) mass is 479 g/mol. The number of carbonyl (C=O) groups is 3. The first-order valence-corrected chi connectivity index (χ1v) is 12.2. The Bertz CT molecular complexity index is 1040. The average Bonchev–Trinajstić information content (AvgIpc) is 2.98. The highest BCUT2D eigenvalue weighted by Crippen LogP contribution is 2.44. The van der Waals surface area contributed by atoms with Crippen LogP contribution in [0.5, 0.6) is 0 Å². The number of alkyl carbamates (subject to hydrolysis) is 1. The van der Waals surface area contributed by atoms with Gasteiger partial charge in [-0.2, -0.15) is 0 Å². The second-order valence-electron chi connectivity index (χ2n) is 9.40. The fraction of sp³-hybridized carbons (Fsp3) is 0.444. The minimum absolute atomic E-state index is 0.0165. The van der Waals surface area contributed by atoms with Gasteiger partial charge in [0.15, 0.2) is 0 Å². The average molecular weight is 480 g/mol. The van der Waals surface area contributed by atoms with Crippen molar-refractivity contribution in [1.29, 1.82) is 0 Å². The number of hydrogen-bond acceptors (Lipinski definition) is 5. The van der Waals surface area contributed by atoms with Gasteiger partial charge in [0.05, 0.1) is 12.5 Å². The molecule has 2 aliphatic rings. The molecule has 2 unspecified atom stereocenters. The molecule has 0 saturated carbocycles. The number of carboxylic acid groups (broad SMARTS) is 1. The number of hydrogen-bond donors (Lipinski definition) is 2. The fourth-order valence-corrected chi connectivity index (χ4v) is 4.99. The van der Waals surface area contributed by atoms with E-state index in [1.807, 2.05) is 29.2 Å². The van der Waals surface area contributed by atoms with E-state index in [0.717, 1.165) is 17.5 Å². The lowest BCUT2D eigenvalue weighted by atomic mass is 9.98. The summed E-state index contributed by atoms with van der Waals surface area (Å²) in [7, 11) is 0. The molecule has 1 fully saturated rings. The molecular formula is C27H33N3O5. The number of benzene rings is 2. The van der Waals surface area contributed by atoms with Gasteiger partial charge in [-0.3, -0.25) is 14.5 Å². The first-order valence-electron chi connectivity index (χ1n) is 12.2. The SMILES string of the molecule is CC(NC(=O)OCC1c2ccccc2-c2ccccc21)C(C)C(=O)N1CCCN(CC(=O)O)CC1. The molecule has 0 spiro atoms. The molecule has 0 bridgehead atoms. The van der Waals surface area contributed by atoms with E-state index in [-0.39, 0.29) is 25.0 Å². The Kier molecular flexibility index (Phi) is 7.70. The van der Waals surface area contributed by atoms with Gasteiger partial charge < -0.3 is 20.1 Å². The maximum absolute atomic E-state index is 13.0. The van der Waals surface area contributed by atoms with E-state index in [4.69, 9.17) is 9.84 Å². The minimum Gasteiger partial charge on any atom is -0.480 e. The minimum atomic E-state index is -0.862. The lowest BCUT2D eigenvalue weighted by molar-refractivity contribution is -0.138. The molecule has 1 aliphatic heterocycles. The summed E-state index contributed by atoms with van der Waals surface area (Å²) in [4.78, 5) is 40.3. The van der Waals surface area contributed by atoms with Crippen molar-refractivity contribution in [3.05, 3.63) is 59.7 Å². The molecule has 2 aromatic rings. The van der Waals surface area contributed by atoms with Crippen LogP contribution in [0.15, 0.2) is 48.5 Å². The maximum Gasteiger partial charge on any atom is 0.407 e. The van der Waals surface area contributed by atoms with Crippen LogP contribution in [0.1, 0.15) is 37.3 Å². The van der Waals surface area contributed by atoms with Gasteiger partial charge >= 0.3 is 12.1 Å². The molecule has 2 atom stereocenters.